The fourth-order valence-electron chi connectivity index (χ4n) is 2.39. The first kappa shape index (κ1) is 17.9. The number of benzene rings is 2. The molecular formula is C17H12F3N3O2S. The smallest absolute Gasteiger partial charge is 0.368 e. The number of nitrogens with zero attached hydrogens (tertiary/aromatic N) is 2. The van der Waals surface area contributed by atoms with Crippen LogP contribution in [0.25, 0.3) is 10.2 Å². The molecule has 2 aromatic carbocycles. The summed E-state index contributed by atoms with van der Waals surface area (Å²) in [6, 6.07) is 11.1. The Balaban J connectivity index is 2.10. The van der Waals surface area contributed by atoms with Gasteiger partial charge in [-0.2, -0.15) is 18.2 Å². The highest BCUT2D eigenvalue weighted by atomic mass is 32.1. The molecule has 0 fully saturated rings. The number of hydrogen-bond acceptors (Lipinski definition) is 3. The number of fused-ring (bicyclic) bond motifs is 1. The number of hydrogen-bond donors (Lipinski definition) is 1. The summed E-state index contributed by atoms with van der Waals surface area (Å²) in [5, 5.41) is 0. The number of carbonyl (C=O) groups excluding carboxylic acids is 2. The molecule has 1 heterocycles. The maximum absolute atomic E-state index is 12.8. The lowest BCUT2D eigenvalue weighted by Gasteiger charge is -2.06. The lowest BCUT2D eigenvalue weighted by Crippen LogP contribution is -2.26. The Kier molecular flexibility index (Phi) is 4.64. The van der Waals surface area contributed by atoms with Gasteiger partial charge in [-0.15, -0.1) is 0 Å². The number of aromatic nitrogens is 1. The molecule has 26 heavy (non-hydrogen) atoms. The van der Waals surface area contributed by atoms with Crippen molar-refractivity contribution in [3.05, 3.63) is 64.5 Å². The molecule has 0 saturated heterocycles. The highest BCUT2D eigenvalue weighted by Crippen LogP contribution is 2.29. The lowest BCUT2D eigenvalue weighted by molar-refractivity contribution is -0.137. The molecule has 5 nitrogen and oxygen atoms in total. The maximum Gasteiger partial charge on any atom is 0.416 e. The first-order valence-electron chi connectivity index (χ1n) is 7.39. The number of nitrogens with two attached hydrogens (primary N) is 1. The van der Waals surface area contributed by atoms with Crippen LogP contribution in [-0.2, 0) is 17.5 Å². The van der Waals surface area contributed by atoms with Gasteiger partial charge < -0.3 is 10.3 Å². The van der Waals surface area contributed by atoms with Gasteiger partial charge in [0.25, 0.3) is 5.91 Å². The zero-order valence-corrected chi connectivity index (χ0v) is 14.0. The summed E-state index contributed by atoms with van der Waals surface area (Å²) in [6.45, 7) is -0.196. The number of para-hydroxylation sites is 1. The molecule has 0 bridgehead atoms. The Morgan fingerprint density at radius 3 is 2.54 bits per heavy atom. The summed E-state index contributed by atoms with van der Waals surface area (Å²) < 4.78 is 40.7. The molecule has 0 spiro atoms. The zero-order valence-electron chi connectivity index (χ0n) is 13.2. The minimum absolute atomic E-state index is 0.187. The van der Waals surface area contributed by atoms with E-state index >= 15 is 0 Å². The number of thiazole rings is 1. The topological polar surface area (TPSA) is 77.5 Å². The van der Waals surface area contributed by atoms with Crippen LogP contribution in [0, 0.1) is 0 Å². The molecule has 0 aliphatic heterocycles. The summed E-state index contributed by atoms with van der Waals surface area (Å²) in [7, 11) is 0. The van der Waals surface area contributed by atoms with Gasteiger partial charge in [0.05, 0.1) is 15.8 Å². The second kappa shape index (κ2) is 6.75. The van der Waals surface area contributed by atoms with E-state index in [0.717, 1.165) is 34.2 Å². The van der Waals surface area contributed by atoms with Gasteiger partial charge in [-0.05, 0) is 30.3 Å². The van der Waals surface area contributed by atoms with Crippen molar-refractivity contribution in [1.29, 1.82) is 0 Å². The predicted molar refractivity (Wildman–Crippen MR) is 90.3 cm³/mol. The van der Waals surface area contributed by atoms with Crippen molar-refractivity contribution in [2.24, 2.45) is 10.7 Å². The third-order valence-electron chi connectivity index (χ3n) is 3.54. The average Bonchev–Trinajstić information content (AvgIpc) is 2.91. The van der Waals surface area contributed by atoms with Crippen molar-refractivity contribution >= 4 is 33.4 Å². The number of alkyl halides is 3. The van der Waals surface area contributed by atoms with Crippen LogP contribution in [0.5, 0.6) is 0 Å². The highest BCUT2D eigenvalue weighted by Gasteiger charge is 2.30. The molecule has 0 unspecified atom stereocenters. The van der Waals surface area contributed by atoms with E-state index in [1.807, 2.05) is 0 Å². The van der Waals surface area contributed by atoms with Crippen molar-refractivity contribution in [2.45, 2.75) is 12.7 Å². The summed E-state index contributed by atoms with van der Waals surface area (Å²) in [5.74, 6) is -1.46. The quantitative estimate of drug-likeness (QED) is 0.760. The largest absolute Gasteiger partial charge is 0.416 e. The van der Waals surface area contributed by atoms with Crippen molar-refractivity contribution < 1.29 is 22.8 Å². The molecule has 1 aromatic heterocycles. The molecule has 0 saturated carbocycles. The summed E-state index contributed by atoms with van der Waals surface area (Å²) in [5.41, 5.74) is 4.78. The van der Waals surface area contributed by atoms with E-state index in [9.17, 15) is 22.8 Å². The molecule has 9 heteroatoms. The van der Waals surface area contributed by atoms with Crippen LogP contribution in [0.3, 0.4) is 0 Å². The zero-order chi connectivity index (χ0) is 18.9. The van der Waals surface area contributed by atoms with Gasteiger partial charge in [0.2, 0.25) is 5.91 Å². The van der Waals surface area contributed by atoms with Gasteiger partial charge in [-0.25, -0.2) is 0 Å². The Labute approximate surface area is 149 Å². The Morgan fingerprint density at radius 2 is 1.85 bits per heavy atom. The van der Waals surface area contributed by atoms with E-state index in [-0.39, 0.29) is 16.9 Å². The van der Waals surface area contributed by atoms with Crippen LogP contribution in [0.15, 0.2) is 53.5 Å². The Bertz CT molecular complexity index is 1070. The van der Waals surface area contributed by atoms with Crippen LogP contribution in [-0.4, -0.2) is 16.4 Å². The van der Waals surface area contributed by atoms with Crippen LogP contribution in [0.4, 0.5) is 13.2 Å². The van der Waals surface area contributed by atoms with Gasteiger partial charge in [0.1, 0.15) is 6.54 Å². The molecule has 0 radical (unpaired) electrons. The van der Waals surface area contributed by atoms with E-state index in [1.165, 1.54) is 10.6 Å². The summed E-state index contributed by atoms with van der Waals surface area (Å²) in [4.78, 5) is 27.8. The van der Waals surface area contributed by atoms with Gasteiger partial charge in [-0.3, -0.25) is 9.59 Å². The van der Waals surface area contributed by atoms with E-state index in [0.29, 0.717) is 5.52 Å². The molecule has 3 rings (SSSR count). The monoisotopic (exact) mass is 379 g/mol. The first-order valence-corrected chi connectivity index (χ1v) is 8.20. The van der Waals surface area contributed by atoms with Gasteiger partial charge in [0.15, 0.2) is 4.80 Å². The molecule has 2 amide bonds. The third kappa shape index (κ3) is 3.67. The third-order valence-corrected chi connectivity index (χ3v) is 4.60. The predicted octanol–water partition coefficient (Wildman–Crippen LogP) is 2.95. The molecular weight excluding hydrogens is 367 g/mol. The van der Waals surface area contributed by atoms with E-state index < -0.39 is 23.6 Å². The first-order chi connectivity index (χ1) is 12.3. The van der Waals surface area contributed by atoms with Crippen molar-refractivity contribution in [1.82, 2.24) is 4.57 Å². The number of primary amides is 1. The van der Waals surface area contributed by atoms with Crippen LogP contribution >= 0.6 is 11.3 Å². The number of rotatable bonds is 3. The van der Waals surface area contributed by atoms with Gasteiger partial charge in [0, 0.05) is 5.56 Å². The SMILES string of the molecule is NC(=O)Cn1c(=NC(=O)c2cccc(C(F)(F)F)c2)sc2ccccc21. The Morgan fingerprint density at radius 1 is 1.12 bits per heavy atom. The average molecular weight is 379 g/mol. The molecule has 2 N–H and O–H groups in total. The van der Waals surface area contributed by atoms with E-state index in [1.54, 1.807) is 24.3 Å². The standard InChI is InChI=1S/C17H12F3N3O2S/c18-17(19,20)11-5-3-4-10(8-11)15(25)22-16-23(9-14(21)24)12-6-1-2-7-13(12)26-16/h1-8H,9H2,(H2,21,24). The fourth-order valence-corrected chi connectivity index (χ4v) is 3.42. The second-order valence-electron chi connectivity index (χ2n) is 5.40. The summed E-state index contributed by atoms with van der Waals surface area (Å²) >= 11 is 1.14. The van der Waals surface area contributed by atoms with Crippen molar-refractivity contribution in [3.63, 3.8) is 0 Å². The van der Waals surface area contributed by atoms with Crippen molar-refractivity contribution in [3.8, 4) is 0 Å². The Hall–Kier alpha value is -2.94. The molecule has 0 atom stereocenters. The molecule has 134 valence electrons. The van der Waals surface area contributed by atoms with Gasteiger partial charge in [-0.1, -0.05) is 29.5 Å². The lowest BCUT2D eigenvalue weighted by atomic mass is 10.1. The molecule has 0 aliphatic rings. The highest BCUT2D eigenvalue weighted by molar-refractivity contribution is 7.16. The van der Waals surface area contributed by atoms with Gasteiger partial charge >= 0.3 is 6.18 Å². The van der Waals surface area contributed by atoms with E-state index in [4.69, 9.17) is 5.73 Å². The van der Waals surface area contributed by atoms with Crippen LogP contribution < -0.4 is 10.5 Å². The normalized spacial score (nSPS) is 12.5. The minimum Gasteiger partial charge on any atom is -0.368 e. The number of halogens is 3. The number of carbonyl (C=O) groups is 2. The summed E-state index contributed by atoms with van der Waals surface area (Å²) in [6.07, 6.45) is -4.56. The minimum atomic E-state index is -4.56. The molecule has 3 aromatic rings. The fraction of sp³-hybridized carbons (Fsp3) is 0.118. The second-order valence-corrected chi connectivity index (χ2v) is 6.41. The molecule has 0 aliphatic carbocycles. The number of amides is 2. The van der Waals surface area contributed by atoms with E-state index in [2.05, 4.69) is 4.99 Å². The maximum atomic E-state index is 12.8. The van der Waals surface area contributed by atoms with Crippen LogP contribution in [0.2, 0.25) is 0 Å². The van der Waals surface area contributed by atoms with Crippen LogP contribution in [0.1, 0.15) is 15.9 Å². The van der Waals surface area contributed by atoms with Crippen molar-refractivity contribution in [2.75, 3.05) is 0 Å².